The van der Waals surface area contributed by atoms with E-state index in [4.69, 9.17) is 4.74 Å². The molecular formula is C16H20O2. The van der Waals surface area contributed by atoms with Gasteiger partial charge in [-0.05, 0) is 5.56 Å². The number of ether oxygens (including phenoxy) is 1. The van der Waals surface area contributed by atoms with Crippen LogP contribution in [0.1, 0.15) is 12.0 Å². The average Bonchev–Trinajstić information content (AvgIpc) is 2.43. The Morgan fingerprint density at radius 3 is 2.33 bits per heavy atom. The Morgan fingerprint density at radius 2 is 1.83 bits per heavy atom. The Balaban J connectivity index is 3.22. The summed E-state index contributed by atoms with van der Waals surface area (Å²) in [6.45, 7) is 11.4. The molecule has 0 saturated heterocycles. The summed E-state index contributed by atoms with van der Waals surface area (Å²) in [5.41, 5.74) is 0.0537. The van der Waals surface area contributed by atoms with Crippen molar-refractivity contribution in [3.63, 3.8) is 0 Å². The minimum absolute atomic E-state index is 0.355. The van der Waals surface area contributed by atoms with Crippen molar-refractivity contribution in [1.29, 1.82) is 0 Å². The Hall–Kier alpha value is -1.64. The van der Waals surface area contributed by atoms with E-state index in [2.05, 4.69) is 19.7 Å². The van der Waals surface area contributed by atoms with Crippen molar-refractivity contribution in [2.24, 2.45) is 0 Å². The van der Waals surface area contributed by atoms with E-state index in [1.807, 2.05) is 30.3 Å². The van der Waals surface area contributed by atoms with E-state index in [1.165, 1.54) is 6.08 Å². The van der Waals surface area contributed by atoms with Crippen molar-refractivity contribution in [1.82, 2.24) is 0 Å². The first kappa shape index (κ1) is 14.4. The van der Waals surface area contributed by atoms with Gasteiger partial charge in [0.2, 0.25) is 0 Å². The molecule has 2 heteroatoms. The van der Waals surface area contributed by atoms with Crippen LogP contribution < -0.4 is 0 Å². The van der Waals surface area contributed by atoms with Gasteiger partial charge in [0.1, 0.15) is 11.7 Å². The Morgan fingerprint density at radius 1 is 1.17 bits per heavy atom. The smallest absolute Gasteiger partial charge is 0.126 e. The van der Waals surface area contributed by atoms with Crippen molar-refractivity contribution in [3.8, 4) is 0 Å². The summed E-state index contributed by atoms with van der Waals surface area (Å²) in [5, 5.41) is 10.3. The van der Waals surface area contributed by atoms with Crippen molar-refractivity contribution < 1.29 is 9.84 Å². The first-order valence-electron chi connectivity index (χ1n) is 5.93. The lowest BCUT2D eigenvalue weighted by Gasteiger charge is -2.36. The van der Waals surface area contributed by atoms with Gasteiger partial charge in [-0.1, -0.05) is 48.6 Å². The molecule has 1 rings (SSSR count). The first-order valence-corrected chi connectivity index (χ1v) is 5.93. The van der Waals surface area contributed by atoms with Gasteiger partial charge in [0.15, 0.2) is 0 Å². The van der Waals surface area contributed by atoms with Crippen molar-refractivity contribution in [2.45, 2.75) is 18.1 Å². The van der Waals surface area contributed by atoms with Gasteiger partial charge in [-0.3, -0.25) is 0 Å². The van der Waals surface area contributed by atoms with Gasteiger partial charge in [0.25, 0.3) is 0 Å². The molecule has 0 unspecified atom stereocenters. The summed E-state index contributed by atoms with van der Waals surface area (Å²) in [6.07, 6.45) is 4.58. The molecule has 18 heavy (non-hydrogen) atoms. The van der Waals surface area contributed by atoms with E-state index in [0.717, 1.165) is 5.56 Å². The third-order valence-corrected chi connectivity index (χ3v) is 2.87. The summed E-state index contributed by atoms with van der Waals surface area (Å²) < 4.78 is 5.85. The minimum Gasteiger partial charge on any atom is -0.386 e. The van der Waals surface area contributed by atoms with Gasteiger partial charge in [0.05, 0.1) is 6.61 Å². The van der Waals surface area contributed by atoms with Crippen LogP contribution in [-0.4, -0.2) is 17.8 Å². The van der Waals surface area contributed by atoms with Gasteiger partial charge in [-0.25, -0.2) is 0 Å². The summed E-state index contributed by atoms with van der Waals surface area (Å²) in [7, 11) is 0. The number of aliphatic hydroxyl groups is 1. The molecule has 2 nitrogen and oxygen atoms in total. The van der Waals surface area contributed by atoms with E-state index < -0.39 is 11.7 Å². The molecule has 0 aliphatic heterocycles. The molecule has 0 amide bonds. The fourth-order valence-electron chi connectivity index (χ4n) is 1.97. The quantitative estimate of drug-likeness (QED) is 0.711. The molecule has 0 bridgehead atoms. The largest absolute Gasteiger partial charge is 0.386 e. The van der Waals surface area contributed by atoms with Crippen LogP contribution in [0.2, 0.25) is 0 Å². The number of hydrogen-bond donors (Lipinski definition) is 1. The second-order valence-corrected chi connectivity index (χ2v) is 4.03. The van der Waals surface area contributed by atoms with Crippen LogP contribution in [0.3, 0.4) is 0 Å². The molecule has 1 aromatic carbocycles. The highest BCUT2D eigenvalue weighted by molar-refractivity contribution is 5.27. The lowest BCUT2D eigenvalue weighted by molar-refractivity contribution is -0.102. The van der Waals surface area contributed by atoms with E-state index in [-0.39, 0.29) is 0 Å². The summed E-state index contributed by atoms with van der Waals surface area (Å²) in [6, 6.07) is 9.62. The van der Waals surface area contributed by atoms with E-state index in [9.17, 15) is 5.11 Å². The van der Waals surface area contributed by atoms with E-state index in [1.54, 1.807) is 12.2 Å². The molecule has 0 aliphatic rings. The monoisotopic (exact) mass is 244 g/mol. The summed E-state index contributed by atoms with van der Waals surface area (Å²) >= 11 is 0. The molecule has 0 heterocycles. The predicted molar refractivity (Wildman–Crippen MR) is 75.3 cm³/mol. The second kappa shape index (κ2) is 6.94. The molecule has 0 aliphatic carbocycles. The fourth-order valence-corrected chi connectivity index (χ4v) is 1.97. The van der Waals surface area contributed by atoms with Crippen molar-refractivity contribution in [3.05, 3.63) is 73.9 Å². The zero-order chi connectivity index (χ0) is 13.4. The summed E-state index contributed by atoms with van der Waals surface area (Å²) in [5.74, 6) is 0. The number of rotatable bonds is 8. The maximum absolute atomic E-state index is 10.3. The molecular weight excluding hydrogens is 224 g/mol. The maximum Gasteiger partial charge on any atom is 0.126 e. The van der Waals surface area contributed by atoms with Gasteiger partial charge in [-0.2, -0.15) is 0 Å². The SMILES string of the molecule is C=CCO[C@@](CC=C)(c1ccccc1)[C@H](O)C=C. The molecule has 1 aromatic rings. The lowest BCUT2D eigenvalue weighted by Crippen LogP contribution is -2.41. The van der Waals surface area contributed by atoms with Crippen LogP contribution in [0.15, 0.2) is 68.3 Å². The third kappa shape index (κ3) is 2.97. The molecule has 0 spiro atoms. The second-order valence-electron chi connectivity index (χ2n) is 4.03. The van der Waals surface area contributed by atoms with Crippen LogP contribution >= 0.6 is 0 Å². The van der Waals surface area contributed by atoms with E-state index >= 15 is 0 Å². The molecule has 0 radical (unpaired) electrons. The molecule has 2 atom stereocenters. The zero-order valence-corrected chi connectivity index (χ0v) is 10.6. The van der Waals surface area contributed by atoms with Gasteiger partial charge < -0.3 is 9.84 Å². The minimum atomic E-state index is -0.848. The predicted octanol–water partition coefficient (Wildman–Crippen LogP) is 3.21. The molecule has 0 aromatic heterocycles. The van der Waals surface area contributed by atoms with E-state index in [0.29, 0.717) is 13.0 Å². The lowest BCUT2D eigenvalue weighted by atomic mass is 9.84. The number of hydrogen-bond acceptors (Lipinski definition) is 2. The van der Waals surface area contributed by atoms with Crippen LogP contribution in [0, 0.1) is 0 Å². The number of benzene rings is 1. The fraction of sp³-hybridized carbons (Fsp3) is 0.250. The third-order valence-electron chi connectivity index (χ3n) is 2.87. The van der Waals surface area contributed by atoms with Crippen LogP contribution in [0.25, 0.3) is 0 Å². The van der Waals surface area contributed by atoms with Crippen LogP contribution in [0.4, 0.5) is 0 Å². The highest BCUT2D eigenvalue weighted by Gasteiger charge is 2.37. The standard InChI is InChI=1S/C16H20O2/c1-4-12-16(15(17)6-3,18-13-5-2)14-10-8-7-9-11-14/h4-11,15,17H,1-3,12-13H2/t15-,16+/m1/s1. The molecule has 1 N–H and O–H groups in total. The molecule has 96 valence electrons. The Kier molecular flexibility index (Phi) is 5.56. The zero-order valence-electron chi connectivity index (χ0n) is 10.6. The van der Waals surface area contributed by atoms with Gasteiger partial charge >= 0.3 is 0 Å². The van der Waals surface area contributed by atoms with Crippen LogP contribution in [-0.2, 0) is 10.3 Å². The topological polar surface area (TPSA) is 29.5 Å². The van der Waals surface area contributed by atoms with Crippen molar-refractivity contribution >= 4 is 0 Å². The maximum atomic E-state index is 10.3. The number of aliphatic hydroxyl groups excluding tert-OH is 1. The summed E-state index contributed by atoms with van der Waals surface area (Å²) in [4.78, 5) is 0. The first-order chi connectivity index (χ1) is 8.71. The van der Waals surface area contributed by atoms with Crippen LogP contribution in [0.5, 0.6) is 0 Å². The molecule has 0 saturated carbocycles. The Bertz CT molecular complexity index is 397. The molecule has 0 fully saturated rings. The highest BCUT2D eigenvalue weighted by Crippen LogP contribution is 2.34. The highest BCUT2D eigenvalue weighted by atomic mass is 16.5. The van der Waals surface area contributed by atoms with Crippen molar-refractivity contribution in [2.75, 3.05) is 6.61 Å². The normalized spacial score (nSPS) is 15.4. The Labute approximate surface area is 109 Å². The average molecular weight is 244 g/mol. The van der Waals surface area contributed by atoms with Gasteiger partial charge in [0, 0.05) is 6.42 Å². The van der Waals surface area contributed by atoms with Gasteiger partial charge in [-0.15, -0.1) is 19.7 Å².